The lowest BCUT2D eigenvalue weighted by Gasteiger charge is -2.22. The molecule has 1 aromatic heterocycles. The minimum Gasteiger partial charge on any atom is -0.493 e. The number of hydrogen-bond acceptors (Lipinski definition) is 4. The number of carbonyl (C=O) groups is 1. The lowest BCUT2D eigenvalue weighted by Crippen LogP contribution is -2.35. The standard InChI is InChI=1S/C19H26N4O2/c1-21-17(8-10-20-21)16-22-11-5-12-23(14-13-22)19(24)9-15-25-18-6-3-2-4-7-18/h2-4,6-8,10H,5,9,11-16H2,1H3. The molecule has 0 atom stereocenters. The topological polar surface area (TPSA) is 50.6 Å². The first kappa shape index (κ1) is 17.5. The van der Waals surface area contributed by atoms with Crippen LogP contribution in [0.25, 0.3) is 0 Å². The highest BCUT2D eigenvalue weighted by Crippen LogP contribution is 2.11. The van der Waals surface area contributed by atoms with E-state index in [1.165, 1.54) is 5.69 Å². The monoisotopic (exact) mass is 342 g/mol. The van der Waals surface area contributed by atoms with Crippen LogP contribution in [0.1, 0.15) is 18.5 Å². The van der Waals surface area contributed by atoms with E-state index in [1.807, 2.05) is 53.2 Å². The van der Waals surface area contributed by atoms with Crippen LogP contribution in [0.5, 0.6) is 5.75 Å². The van der Waals surface area contributed by atoms with E-state index < -0.39 is 0 Å². The van der Waals surface area contributed by atoms with Crippen molar-refractivity contribution in [3.63, 3.8) is 0 Å². The van der Waals surface area contributed by atoms with Gasteiger partial charge in [-0.1, -0.05) is 18.2 Å². The Kier molecular flexibility index (Phi) is 6.06. The molecule has 6 nitrogen and oxygen atoms in total. The van der Waals surface area contributed by atoms with Crippen molar-refractivity contribution in [1.29, 1.82) is 0 Å². The SMILES string of the molecule is Cn1nccc1CN1CCCN(C(=O)CCOc2ccccc2)CC1. The highest BCUT2D eigenvalue weighted by Gasteiger charge is 2.19. The molecule has 1 aliphatic heterocycles. The van der Waals surface area contributed by atoms with E-state index in [1.54, 1.807) is 0 Å². The zero-order chi connectivity index (χ0) is 17.5. The lowest BCUT2D eigenvalue weighted by atomic mass is 10.3. The van der Waals surface area contributed by atoms with Gasteiger partial charge in [0.25, 0.3) is 0 Å². The summed E-state index contributed by atoms with van der Waals surface area (Å²) in [4.78, 5) is 16.8. The fraction of sp³-hybridized carbons (Fsp3) is 0.474. The molecule has 1 aromatic carbocycles. The van der Waals surface area contributed by atoms with Crippen LogP contribution in [-0.4, -0.2) is 58.3 Å². The summed E-state index contributed by atoms with van der Waals surface area (Å²) in [7, 11) is 1.97. The predicted octanol–water partition coefficient (Wildman–Crippen LogP) is 1.92. The van der Waals surface area contributed by atoms with Crippen LogP contribution in [0.2, 0.25) is 0 Å². The Morgan fingerprint density at radius 1 is 1.12 bits per heavy atom. The van der Waals surface area contributed by atoms with Gasteiger partial charge in [0.2, 0.25) is 5.91 Å². The second-order valence-corrected chi connectivity index (χ2v) is 6.37. The van der Waals surface area contributed by atoms with E-state index in [2.05, 4.69) is 16.1 Å². The molecule has 1 amide bonds. The Morgan fingerprint density at radius 3 is 2.72 bits per heavy atom. The van der Waals surface area contributed by atoms with Crippen molar-refractivity contribution in [3.8, 4) is 5.75 Å². The Labute approximate surface area is 149 Å². The molecule has 3 rings (SSSR count). The first-order valence-electron chi connectivity index (χ1n) is 8.87. The minimum absolute atomic E-state index is 0.179. The maximum Gasteiger partial charge on any atom is 0.226 e. The van der Waals surface area contributed by atoms with E-state index in [0.717, 1.165) is 44.9 Å². The zero-order valence-corrected chi connectivity index (χ0v) is 14.8. The molecular weight excluding hydrogens is 316 g/mol. The number of hydrogen-bond donors (Lipinski definition) is 0. The summed E-state index contributed by atoms with van der Waals surface area (Å²) in [5.41, 5.74) is 1.20. The van der Waals surface area contributed by atoms with Gasteiger partial charge in [-0.2, -0.15) is 5.10 Å². The Bertz CT molecular complexity index is 671. The van der Waals surface area contributed by atoms with Crippen molar-refractivity contribution < 1.29 is 9.53 Å². The highest BCUT2D eigenvalue weighted by molar-refractivity contribution is 5.76. The first-order valence-corrected chi connectivity index (χ1v) is 8.87. The van der Waals surface area contributed by atoms with Crippen LogP contribution in [0.15, 0.2) is 42.6 Å². The summed E-state index contributed by atoms with van der Waals surface area (Å²) < 4.78 is 7.55. The van der Waals surface area contributed by atoms with Gasteiger partial charge in [-0.3, -0.25) is 14.4 Å². The van der Waals surface area contributed by atoms with Crippen molar-refractivity contribution in [2.75, 3.05) is 32.8 Å². The molecule has 0 bridgehead atoms. The molecule has 134 valence electrons. The van der Waals surface area contributed by atoms with Crippen molar-refractivity contribution >= 4 is 5.91 Å². The predicted molar refractivity (Wildman–Crippen MR) is 96.2 cm³/mol. The summed E-state index contributed by atoms with van der Waals surface area (Å²) in [5.74, 6) is 0.992. The van der Waals surface area contributed by atoms with Crippen LogP contribution >= 0.6 is 0 Å². The maximum atomic E-state index is 12.4. The first-order chi connectivity index (χ1) is 12.2. The normalized spacial score (nSPS) is 15.8. The third-order valence-electron chi connectivity index (χ3n) is 4.58. The highest BCUT2D eigenvalue weighted by atomic mass is 16.5. The van der Waals surface area contributed by atoms with Gasteiger partial charge in [-0.25, -0.2) is 0 Å². The van der Waals surface area contributed by atoms with Gasteiger partial charge in [0.05, 0.1) is 18.7 Å². The third kappa shape index (κ3) is 5.06. The van der Waals surface area contributed by atoms with E-state index in [9.17, 15) is 4.79 Å². The number of aryl methyl sites for hydroxylation is 1. The Hall–Kier alpha value is -2.34. The minimum atomic E-state index is 0.179. The zero-order valence-electron chi connectivity index (χ0n) is 14.8. The van der Waals surface area contributed by atoms with Gasteiger partial charge in [0, 0.05) is 46.0 Å². The number of para-hydroxylation sites is 1. The summed E-state index contributed by atoms with van der Waals surface area (Å²) in [6, 6.07) is 11.7. The second-order valence-electron chi connectivity index (χ2n) is 6.37. The molecular formula is C19H26N4O2. The van der Waals surface area contributed by atoms with E-state index in [-0.39, 0.29) is 5.91 Å². The third-order valence-corrected chi connectivity index (χ3v) is 4.58. The summed E-state index contributed by atoms with van der Waals surface area (Å²) in [5, 5.41) is 4.22. The molecule has 0 unspecified atom stereocenters. The quantitative estimate of drug-likeness (QED) is 0.805. The van der Waals surface area contributed by atoms with Crippen LogP contribution in [0.3, 0.4) is 0 Å². The van der Waals surface area contributed by atoms with Gasteiger partial charge < -0.3 is 9.64 Å². The molecule has 0 radical (unpaired) electrons. The molecule has 6 heteroatoms. The molecule has 2 heterocycles. The number of nitrogens with zero attached hydrogens (tertiary/aromatic N) is 4. The molecule has 0 aliphatic carbocycles. The number of rotatable bonds is 6. The fourth-order valence-electron chi connectivity index (χ4n) is 3.09. The summed E-state index contributed by atoms with van der Waals surface area (Å²) in [6.07, 6.45) is 3.26. The van der Waals surface area contributed by atoms with Gasteiger partial charge in [-0.05, 0) is 24.6 Å². The molecule has 0 spiro atoms. The average Bonchev–Trinajstić information content (AvgIpc) is 2.89. The van der Waals surface area contributed by atoms with Crippen LogP contribution < -0.4 is 4.74 Å². The van der Waals surface area contributed by atoms with E-state index >= 15 is 0 Å². The lowest BCUT2D eigenvalue weighted by molar-refractivity contribution is -0.131. The number of ether oxygens (including phenoxy) is 1. The smallest absolute Gasteiger partial charge is 0.226 e. The van der Waals surface area contributed by atoms with Crippen LogP contribution in [0.4, 0.5) is 0 Å². The van der Waals surface area contributed by atoms with E-state index in [4.69, 9.17) is 4.74 Å². The van der Waals surface area contributed by atoms with Crippen LogP contribution in [-0.2, 0) is 18.4 Å². The molecule has 25 heavy (non-hydrogen) atoms. The van der Waals surface area contributed by atoms with Crippen molar-refractivity contribution in [3.05, 3.63) is 48.3 Å². The fourth-order valence-corrected chi connectivity index (χ4v) is 3.09. The van der Waals surface area contributed by atoms with Crippen molar-refractivity contribution in [2.24, 2.45) is 7.05 Å². The number of benzene rings is 1. The van der Waals surface area contributed by atoms with Gasteiger partial charge in [0.1, 0.15) is 5.75 Å². The maximum absolute atomic E-state index is 12.4. The van der Waals surface area contributed by atoms with Crippen LogP contribution in [0, 0.1) is 0 Å². The van der Waals surface area contributed by atoms with E-state index in [0.29, 0.717) is 13.0 Å². The second kappa shape index (κ2) is 8.67. The largest absolute Gasteiger partial charge is 0.493 e. The summed E-state index contributed by atoms with van der Waals surface area (Å²) in [6.45, 7) is 4.83. The molecule has 0 N–H and O–H groups in total. The molecule has 0 saturated carbocycles. The molecule has 2 aromatic rings. The molecule has 1 fully saturated rings. The Morgan fingerprint density at radius 2 is 1.96 bits per heavy atom. The average molecular weight is 342 g/mol. The number of carbonyl (C=O) groups excluding carboxylic acids is 1. The molecule has 1 aliphatic rings. The van der Waals surface area contributed by atoms with Gasteiger partial charge in [-0.15, -0.1) is 0 Å². The van der Waals surface area contributed by atoms with Crippen molar-refractivity contribution in [2.45, 2.75) is 19.4 Å². The molecule has 1 saturated heterocycles. The Balaban J connectivity index is 1.42. The number of amides is 1. The van der Waals surface area contributed by atoms with Gasteiger partial charge in [0.15, 0.2) is 0 Å². The van der Waals surface area contributed by atoms with Crippen molar-refractivity contribution in [1.82, 2.24) is 19.6 Å². The number of aromatic nitrogens is 2. The summed E-state index contributed by atoms with van der Waals surface area (Å²) >= 11 is 0. The van der Waals surface area contributed by atoms with Gasteiger partial charge >= 0.3 is 0 Å².